The van der Waals surface area contributed by atoms with Gasteiger partial charge in [0.15, 0.2) is 0 Å². The fraction of sp³-hybridized carbons (Fsp3) is 0.385. The van der Waals surface area contributed by atoms with Crippen LogP contribution in [0.15, 0.2) is 24.3 Å². The number of H-pyrrole nitrogens is 1. The van der Waals surface area contributed by atoms with Gasteiger partial charge in [-0.3, -0.25) is 4.90 Å². The Morgan fingerprint density at radius 2 is 2.05 bits per heavy atom. The number of rotatable bonds is 5. The van der Waals surface area contributed by atoms with E-state index in [2.05, 4.69) is 4.98 Å². The molecule has 1 heterocycles. The highest BCUT2D eigenvalue weighted by atomic mass is 32.2. The first-order valence-electron chi connectivity index (χ1n) is 5.97. The molecule has 0 amide bonds. The molecule has 0 unspecified atom stereocenters. The molecule has 1 aromatic carbocycles. The Balaban J connectivity index is 2.04. The summed E-state index contributed by atoms with van der Waals surface area (Å²) < 4.78 is 35.3. The van der Waals surface area contributed by atoms with Crippen molar-refractivity contribution >= 4 is 20.7 Å². The lowest BCUT2D eigenvalue weighted by Gasteiger charge is -2.14. The fourth-order valence-corrected chi connectivity index (χ4v) is 2.58. The number of halogens is 1. The van der Waals surface area contributed by atoms with Crippen LogP contribution in [0.2, 0.25) is 0 Å². The van der Waals surface area contributed by atoms with Gasteiger partial charge in [0.05, 0.1) is 5.75 Å². The SMILES string of the molecule is CN(CCS(C)(=O)=O)Cc1cc2cc(F)ccc2[nH]1. The van der Waals surface area contributed by atoms with Gasteiger partial charge < -0.3 is 4.98 Å². The van der Waals surface area contributed by atoms with Gasteiger partial charge in [-0.15, -0.1) is 0 Å². The molecule has 1 aromatic heterocycles. The summed E-state index contributed by atoms with van der Waals surface area (Å²) in [5.41, 5.74) is 1.82. The van der Waals surface area contributed by atoms with E-state index in [4.69, 9.17) is 0 Å². The molecule has 0 saturated carbocycles. The lowest BCUT2D eigenvalue weighted by Crippen LogP contribution is -2.24. The number of benzene rings is 1. The molecule has 0 aliphatic rings. The molecule has 4 nitrogen and oxygen atoms in total. The van der Waals surface area contributed by atoms with E-state index in [9.17, 15) is 12.8 Å². The van der Waals surface area contributed by atoms with E-state index in [0.29, 0.717) is 13.1 Å². The van der Waals surface area contributed by atoms with Crippen LogP contribution in [0.3, 0.4) is 0 Å². The Morgan fingerprint density at radius 1 is 1.32 bits per heavy atom. The number of fused-ring (bicyclic) bond motifs is 1. The number of hydrogen-bond donors (Lipinski definition) is 1. The van der Waals surface area contributed by atoms with Crippen molar-refractivity contribution < 1.29 is 12.8 Å². The van der Waals surface area contributed by atoms with Crippen molar-refractivity contribution in [2.24, 2.45) is 0 Å². The van der Waals surface area contributed by atoms with Crippen molar-refractivity contribution in [3.8, 4) is 0 Å². The summed E-state index contributed by atoms with van der Waals surface area (Å²) >= 11 is 0. The lowest BCUT2D eigenvalue weighted by atomic mass is 10.2. The van der Waals surface area contributed by atoms with Crippen LogP contribution in [0.5, 0.6) is 0 Å². The first kappa shape index (κ1) is 14.0. The highest BCUT2D eigenvalue weighted by Crippen LogP contribution is 2.17. The molecule has 0 fully saturated rings. The molecule has 0 bridgehead atoms. The van der Waals surface area contributed by atoms with Gasteiger partial charge in [0, 0.05) is 35.9 Å². The number of aromatic amines is 1. The predicted molar refractivity (Wildman–Crippen MR) is 74.3 cm³/mol. The molecule has 2 aromatic rings. The lowest BCUT2D eigenvalue weighted by molar-refractivity contribution is 0.343. The highest BCUT2D eigenvalue weighted by molar-refractivity contribution is 7.90. The number of hydrogen-bond acceptors (Lipinski definition) is 3. The van der Waals surface area contributed by atoms with E-state index in [1.54, 1.807) is 6.07 Å². The standard InChI is InChI=1S/C13H17FN2O2S/c1-16(5-6-19(2,17)18)9-12-8-10-7-11(14)3-4-13(10)15-12/h3-4,7-8,15H,5-6,9H2,1-2H3. The summed E-state index contributed by atoms with van der Waals surface area (Å²) in [5, 5.41) is 0.825. The van der Waals surface area contributed by atoms with Crippen LogP contribution in [0.1, 0.15) is 5.69 Å². The predicted octanol–water partition coefficient (Wildman–Crippen LogP) is 1.78. The minimum atomic E-state index is -2.94. The molecule has 0 aliphatic heterocycles. The van der Waals surface area contributed by atoms with E-state index in [0.717, 1.165) is 16.6 Å². The first-order valence-corrected chi connectivity index (χ1v) is 8.03. The van der Waals surface area contributed by atoms with E-state index in [1.165, 1.54) is 18.4 Å². The van der Waals surface area contributed by atoms with Gasteiger partial charge in [-0.05, 0) is 31.3 Å². The Hall–Kier alpha value is -1.40. The molecule has 2 rings (SSSR count). The molecule has 0 saturated heterocycles. The molecule has 6 heteroatoms. The highest BCUT2D eigenvalue weighted by Gasteiger charge is 2.08. The van der Waals surface area contributed by atoms with Gasteiger partial charge in [0.2, 0.25) is 0 Å². The second kappa shape index (κ2) is 5.30. The second-order valence-corrected chi connectivity index (χ2v) is 7.15. The Bertz CT molecular complexity index is 679. The van der Waals surface area contributed by atoms with Crippen molar-refractivity contribution in [1.29, 1.82) is 0 Å². The van der Waals surface area contributed by atoms with Crippen LogP contribution < -0.4 is 0 Å². The summed E-state index contributed by atoms with van der Waals surface area (Å²) in [7, 11) is -1.08. The zero-order valence-electron chi connectivity index (χ0n) is 11.0. The van der Waals surface area contributed by atoms with Crippen LogP contribution in [0.25, 0.3) is 10.9 Å². The van der Waals surface area contributed by atoms with Crippen molar-refractivity contribution in [2.75, 3.05) is 25.6 Å². The first-order chi connectivity index (χ1) is 8.83. The van der Waals surface area contributed by atoms with Gasteiger partial charge in [-0.2, -0.15) is 0 Å². The zero-order valence-corrected chi connectivity index (χ0v) is 11.8. The van der Waals surface area contributed by atoms with E-state index < -0.39 is 9.84 Å². The maximum absolute atomic E-state index is 13.1. The van der Waals surface area contributed by atoms with Crippen molar-refractivity contribution in [3.63, 3.8) is 0 Å². The Labute approximate surface area is 112 Å². The largest absolute Gasteiger partial charge is 0.357 e. The van der Waals surface area contributed by atoms with E-state index in [-0.39, 0.29) is 11.6 Å². The van der Waals surface area contributed by atoms with Crippen molar-refractivity contribution in [1.82, 2.24) is 9.88 Å². The number of sulfone groups is 1. The normalized spacial score (nSPS) is 12.4. The summed E-state index contributed by atoms with van der Waals surface area (Å²) in [6.07, 6.45) is 1.23. The van der Waals surface area contributed by atoms with Gasteiger partial charge in [-0.1, -0.05) is 0 Å². The quantitative estimate of drug-likeness (QED) is 0.910. The number of nitrogens with one attached hydrogen (secondary N) is 1. The number of nitrogens with zero attached hydrogens (tertiary/aromatic N) is 1. The fourth-order valence-electron chi connectivity index (χ4n) is 1.94. The van der Waals surface area contributed by atoms with Crippen LogP contribution in [-0.2, 0) is 16.4 Å². The average Bonchev–Trinajstić information content (AvgIpc) is 2.66. The third-order valence-electron chi connectivity index (χ3n) is 2.92. The van der Waals surface area contributed by atoms with Crippen LogP contribution in [0.4, 0.5) is 4.39 Å². The van der Waals surface area contributed by atoms with Gasteiger partial charge in [0.25, 0.3) is 0 Å². The van der Waals surface area contributed by atoms with Gasteiger partial charge >= 0.3 is 0 Å². The number of aromatic nitrogens is 1. The minimum absolute atomic E-state index is 0.137. The maximum Gasteiger partial charge on any atom is 0.148 e. The molecule has 104 valence electrons. The molecule has 19 heavy (non-hydrogen) atoms. The third kappa shape index (κ3) is 4.04. The minimum Gasteiger partial charge on any atom is -0.357 e. The van der Waals surface area contributed by atoms with Crippen LogP contribution >= 0.6 is 0 Å². The molecule has 0 aliphatic carbocycles. The molecule has 1 N–H and O–H groups in total. The van der Waals surface area contributed by atoms with Crippen LogP contribution in [-0.4, -0.2) is 43.9 Å². The molecule has 0 atom stereocenters. The van der Waals surface area contributed by atoms with Crippen molar-refractivity contribution in [3.05, 3.63) is 35.8 Å². The molecule has 0 spiro atoms. The smallest absolute Gasteiger partial charge is 0.148 e. The zero-order chi connectivity index (χ0) is 14.0. The summed E-state index contributed by atoms with van der Waals surface area (Å²) in [4.78, 5) is 5.11. The molecule has 0 radical (unpaired) electrons. The third-order valence-corrected chi connectivity index (χ3v) is 3.85. The van der Waals surface area contributed by atoms with E-state index >= 15 is 0 Å². The average molecular weight is 284 g/mol. The topological polar surface area (TPSA) is 53.2 Å². The maximum atomic E-state index is 13.1. The van der Waals surface area contributed by atoms with Gasteiger partial charge in [0.1, 0.15) is 15.7 Å². The van der Waals surface area contributed by atoms with E-state index in [1.807, 2.05) is 18.0 Å². The Morgan fingerprint density at radius 3 is 2.74 bits per heavy atom. The summed E-state index contributed by atoms with van der Waals surface area (Å²) in [6, 6.07) is 6.47. The van der Waals surface area contributed by atoms with Gasteiger partial charge in [-0.25, -0.2) is 12.8 Å². The van der Waals surface area contributed by atoms with Crippen molar-refractivity contribution in [2.45, 2.75) is 6.54 Å². The molecular weight excluding hydrogens is 267 g/mol. The monoisotopic (exact) mass is 284 g/mol. The second-order valence-electron chi connectivity index (χ2n) is 4.89. The Kier molecular flexibility index (Phi) is 3.91. The summed E-state index contributed by atoms with van der Waals surface area (Å²) in [6.45, 7) is 1.08. The van der Waals surface area contributed by atoms with Crippen LogP contribution in [0, 0.1) is 5.82 Å². The molecular formula is C13H17FN2O2S. The summed E-state index contributed by atoms with van der Waals surface area (Å²) in [5.74, 6) is -0.123.